The van der Waals surface area contributed by atoms with E-state index in [1.54, 1.807) is 7.11 Å². The minimum atomic E-state index is -3.23. The van der Waals surface area contributed by atoms with Crippen LogP contribution in [0.15, 0.2) is 24.3 Å². The van der Waals surface area contributed by atoms with E-state index in [4.69, 9.17) is 9.47 Å². The molecular formula is C17H24N2O5S. The number of nitrogens with one attached hydrogen (secondary N) is 1. The lowest BCUT2D eigenvalue weighted by Crippen LogP contribution is -2.50. The number of carbonyl (C=O) groups excluding carboxylic acids is 1. The monoisotopic (exact) mass is 368 g/mol. The van der Waals surface area contributed by atoms with Gasteiger partial charge >= 0.3 is 0 Å². The molecule has 0 bridgehead atoms. The fourth-order valence-corrected chi connectivity index (χ4v) is 4.02. The van der Waals surface area contributed by atoms with Crippen molar-refractivity contribution in [2.45, 2.75) is 24.4 Å². The van der Waals surface area contributed by atoms with Crippen molar-refractivity contribution in [1.29, 1.82) is 0 Å². The fraction of sp³-hybridized carbons (Fsp3) is 0.588. The topological polar surface area (TPSA) is 84.9 Å². The predicted octanol–water partition coefficient (Wildman–Crippen LogP) is 0.503. The van der Waals surface area contributed by atoms with Gasteiger partial charge in [-0.2, -0.15) is 4.31 Å². The van der Waals surface area contributed by atoms with Gasteiger partial charge in [-0.25, -0.2) is 8.42 Å². The molecule has 1 aromatic carbocycles. The van der Waals surface area contributed by atoms with Crippen LogP contribution in [-0.4, -0.2) is 64.3 Å². The molecule has 1 N–H and O–H groups in total. The molecule has 0 aromatic heterocycles. The van der Waals surface area contributed by atoms with Crippen molar-refractivity contribution in [3.8, 4) is 5.75 Å². The number of benzene rings is 1. The van der Waals surface area contributed by atoms with Gasteiger partial charge in [0.1, 0.15) is 5.75 Å². The molecule has 1 heterocycles. The Kier molecular flexibility index (Phi) is 5.04. The first-order valence-corrected chi connectivity index (χ1v) is 10.2. The van der Waals surface area contributed by atoms with Crippen LogP contribution >= 0.6 is 0 Å². The fourth-order valence-electron chi connectivity index (χ4n) is 3.17. The summed E-state index contributed by atoms with van der Waals surface area (Å²) in [6.07, 6.45) is 2.49. The standard InChI is InChI=1S/C17H24N2O5S/c1-23-14-5-3-13(4-6-14)17(7-8-17)16(20)18-11-15-12-19(9-10-24-15)25(2,21)22/h3-6,15H,7-12H2,1-2H3,(H,18,20)/t15-/m1/s1. The summed E-state index contributed by atoms with van der Waals surface area (Å²) >= 11 is 0. The molecule has 8 heteroatoms. The predicted molar refractivity (Wildman–Crippen MR) is 93.1 cm³/mol. The second-order valence-corrected chi connectivity index (χ2v) is 8.62. The number of carbonyl (C=O) groups is 1. The molecular weight excluding hydrogens is 344 g/mol. The molecule has 25 heavy (non-hydrogen) atoms. The molecule has 3 rings (SSSR count). The lowest BCUT2D eigenvalue weighted by Gasteiger charge is -2.31. The van der Waals surface area contributed by atoms with Gasteiger partial charge in [0.25, 0.3) is 0 Å². The van der Waals surface area contributed by atoms with E-state index >= 15 is 0 Å². The summed E-state index contributed by atoms with van der Waals surface area (Å²) in [4.78, 5) is 12.7. The molecule has 1 aliphatic carbocycles. The third kappa shape index (κ3) is 3.96. The second-order valence-electron chi connectivity index (χ2n) is 6.63. The molecule has 1 atom stereocenters. The van der Waals surface area contributed by atoms with Crippen molar-refractivity contribution in [2.24, 2.45) is 0 Å². The van der Waals surface area contributed by atoms with E-state index in [1.165, 1.54) is 10.6 Å². The van der Waals surface area contributed by atoms with Crippen molar-refractivity contribution in [2.75, 3.05) is 39.6 Å². The van der Waals surface area contributed by atoms with Gasteiger partial charge in [-0.05, 0) is 30.5 Å². The molecule has 1 aliphatic heterocycles. The highest BCUT2D eigenvalue weighted by Crippen LogP contribution is 2.48. The minimum Gasteiger partial charge on any atom is -0.497 e. The highest BCUT2D eigenvalue weighted by atomic mass is 32.2. The van der Waals surface area contributed by atoms with Crippen molar-refractivity contribution in [1.82, 2.24) is 9.62 Å². The Labute approximate surface area is 148 Å². The minimum absolute atomic E-state index is 0.0299. The number of hydrogen-bond donors (Lipinski definition) is 1. The van der Waals surface area contributed by atoms with Gasteiger partial charge in [-0.1, -0.05) is 12.1 Å². The Hall–Kier alpha value is -1.64. The third-order valence-corrected chi connectivity index (χ3v) is 6.16. The summed E-state index contributed by atoms with van der Waals surface area (Å²) in [5.41, 5.74) is 0.505. The molecule has 0 unspecified atom stereocenters. The maximum absolute atomic E-state index is 12.7. The normalized spacial score (nSPS) is 23.0. The smallest absolute Gasteiger partial charge is 0.230 e. The maximum atomic E-state index is 12.7. The summed E-state index contributed by atoms with van der Waals surface area (Å²) < 4.78 is 35.4. The number of nitrogens with zero attached hydrogens (tertiary/aromatic N) is 1. The second kappa shape index (κ2) is 6.93. The lowest BCUT2D eigenvalue weighted by molar-refractivity contribution is -0.124. The summed E-state index contributed by atoms with van der Waals surface area (Å²) in [5.74, 6) is 0.731. The Bertz CT molecular complexity index is 728. The average molecular weight is 368 g/mol. The van der Waals surface area contributed by atoms with Gasteiger partial charge in [-0.3, -0.25) is 4.79 Å². The van der Waals surface area contributed by atoms with Gasteiger partial charge < -0.3 is 14.8 Å². The third-order valence-electron chi connectivity index (χ3n) is 4.89. The van der Waals surface area contributed by atoms with E-state index in [0.29, 0.717) is 19.7 Å². The molecule has 1 amide bonds. The highest BCUT2D eigenvalue weighted by Gasteiger charge is 2.51. The Morgan fingerprint density at radius 3 is 2.60 bits per heavy atom. The van der Waals surface area contributed by atoms with Crippen molar-refractivity contribution in [3.05, 3.63) is 29.8 Å². The van der Waals surface area contributed by atoms with Crippen molar-refractivity contribution in [3.63, 3.8) is 0 Å². The van der Waals surface area contributed by atoms with Crippen LogP contribution in [0.2, 0.25) is 0 Å². The molecule has 2 aliphatic rings. The first-order chi connectivity index (χ1) is 11.8. The van der Waals surface area contributed by atoms with Crippen molar-refractivity contribution < 1.29 is 22.7 Å². The van der Waals surface area contributed by atoms with Crippen LogP contribution in [0.25, 0.3) is 0 Å². The summed E-state index contributed by atoms with van der Waals surface area (Å²) in [6, 6.07) is 7.57. The SMILES string of the molecule is COc1ccc(C2(C(=O)NC[C@@H]3CN(S(C)(=O)=O)CCO3)CC2)cc1. The molecule has 2 fully saturated rings. The molecule has 0 radical (unpaired) electrons. The lowest BCUT2D eigenvalue weighted by atomic mass is 9.95. The Balaban J connectivity index is 1.58. The molecule has 7 nitrogen and oxygen atoms in total. The molecule has 1 saturated carbocycles. The summed E-state index contributed by atoms with van der Waals surface area (Å²) in [5, 5.41) is 2.94. The van der Waals surface area contributed by atoms with E-state index < -0.39 is 15.4 Å². The number of hydrogen-bond acceptors (Lipinski definition) is 5. The zero-order valence-electron chi connectivity index (χ0n) is 14.5. The largest absolute Gasteiger partial charge is 0.497 e. The summed E-state index contributed by atoms with van der Waals surface area (Å²) in [7, 11) is -1.62. The zero-order chi connectivity index (χ0) is 18.1. The van der Waals surface area contributed by atoms with Crippen LogP contribution in [0.4, 0.5) is 0 Å². The van der Waals surface area contributed by atoms with Gasteiger partial charge in [0.05, 0.1) is 31.5 Å². The molecule has 1 saturated heterocycles. The van der Waals surface area contributed by atoms with Crippen LogP contribution in [0.5, 0.6) is 5.75 Å². The zero-order valence-corrected chi connectivity index (χ0v) is 15.3. The van der Waals surface area contributed by atoms with E-state index in [9.17, 15) is 13.2 Å². The first kappa shape index (κ1) is 18.2. The van der Waals surface area contributed by atoms with Gasteiger partial charge in [0, 0.05) is 19.6 Å². The van der Waals surface area contributed by atoms with Crippen LogP contribution in [0.3, 0.4) is 0 Å². The van der Waals surface area contributed by atoms with Crippen LogP contribution < -0.4 is 10.1 Å². The number of rotatable bonds is 6. The Morgan fingerprint density at radius 2 is 2.04 bits per heavy atom. The van der Waals surface area contributed by atoms with Crippen LogP contribution in [-0.2, 0) is 25.0 Å². The number of morpholine rings is 1. The summed E-state index contributed by atoms with van der Waals surface area (Å²) in [6.45, 7) is 1.29. The van der Waals surface area contributed by atoms with Crippen LogP contribution in [0.1, 0.15) is 18.4 Å². The van der Waals surface area contributed by atoms with Gasteiger partial charge in [-0.15, -0.1) is 0 Å². The number of methoxy groups -OCH3 is 1. The van der Waals surface area contributed by atoms with E-state index in [2.05, 4.69) is 5.32 Å². The van der Waals surface area contributed by atoms with E-state index in [0.717, 1.165) is 24.2 Å². The highest BCUT2D eigenvalue weighted by molar-refractivity contribution is 7.88. The number of amides is 1. The van der Waals surface area contributed by atoms with E-state index in [-0.39, 0.29) is 18.6 Å². The quantitative estimate of drug-likeness (QED) is 0.791. The number of sulfonamides is 1. The Morgan fingerprint density at radius 1 is 1.36 bits per heavy atom. The number of ether oxygens (including phenoxy) is 2. The van der Waals surface area contributed by atoms with Crippen molar-refractivity contribution >= 4 is 15.9 Å². The molecule has 1 aromatic rings. The van der Waals surface area contributed by atoms with E-state index in [1.807, 2.05) is 24.3 Å². The van der Waals surface area contributed by atoms with Gasteiger partial charge in [0.15, 0.2) is 0 Å². The first-order valence-electron chi connectivity index (χ1n) is 8.35. The maximum Gasteiger partial charge on any atom is 0.230 e. The molecule has 138 valence electrons. The van der Waals surface area contributed by atoms with Gasteiger partial charge in [0.2, 0.25) is 15.9 Å². The average Bonchev–Trinajstić information content (AvgIpc) is 3.41. The molecule has 0 spiro atoms. The van der Waals surface area contributed by atoms with Crippen LogP contribution in [0, 0.1) is 0 Å².